The summed E-state index contributed by atoms with van der Waals surface area (Å²) in [6, 6.07) is 0. The molecule has 0 saturated carbocycles. The smallest absolute Gasteiger partial charge is 0.281 e. The summed E-state index contributed by atoms with van der Waals surface area (Å²) in [5, 5.41) is 0. The van der Waals surface area contributed by atoms with Crippen LogP contribution in [0.25, 0.3) is 0 Å². The Kier molecular flexibility index (Phi) is 2.54. The van der Waals surface area contributed by atoms with E-state index in [1.54, 1.807) is 0 Å². The van der Waals surface area contributed by atoms with Gasteiger partial charge in [-0.1, -0.05) is 0 Å². The fraction of sp³-hybridized carbons (Fsp3) is 0.500. The summed E-state index contributed by atoms with van der Waals surface area (Å²) >= 11 is 1.04. The third kappa shape index (κ3) is 2.49. The number of hydrogen-bond donors (Lipinski definition) is 0. The molecule has 0 unspecified atom stereocenters. The van der Waals surface area contributed by atoms with Crippen LogP contribution in [0.1, 0.15) is 0 Å². The van der Waals surface area contributed by atoms with Gasteiger partial charge in [-0.3, -0.25) is 4.79 Å². The third-order valence-electron chi connectivity index (χ3n) is 0.172. The van der Waals surface area contributed by atoms with E-state index < -0.39 is 10.2 Å². The van der Waals surface area contributed by atoms with Crippen molar-refractivity contribution >= 4 is 26.4 Å². The van der Waals surface area contributed by atoms with Crippen LogP contribution in [0.15, 0.2) is 0 Å². The van der Waals surface area contributed by atoms with Crippen LogP contribution in [0.5, 0.6) is 0 Å². The molecule has 0 rings (SSSR count). The van der Waals surface area contributed by atoms with Crippen molar-refractivity contribution in [2.24, 2.45) is 0 Å². The highest BCUT2D eigenvalue weighted by atomic mass is 127. The van der Waals surface area contributed by atoms with E-state index in [0.29, 0.717) is 0 Å². The van der Waals surface area contributed by atoms with Crippen LogP contribution in [-0.2, 0) is 4.79 Å². The SMILES string of the molecule is O=C(I)C(F)F. The van der Waals surface area contributed by atoms with Gasteiger partial charge in [-0.15, -0.1) is 0 Å². The van der Waals surface area contributed by atoms with Crippen LogP contribution in [0.3, 0.4) is 0 Å². The van der Waals surface area contributed by atoms with Gasteiger partial charge in [-0.2, -0.15) is 0 Å². The fourth-order valence-electron chi connectivity index (χ4n) is 0. The molecule has 0 radical (unpaired) electrons. The molecule has 0 atom stereocenters. The van der Waals surface area contributed by atoms with E-state index in [-0.39, 0.29) is 0 Å². The van der Waals surface area contributed by atoms with Gasteiger partial charge in [0.15, 0.2) is 0 Å². The van der Waals surface area contributed by atoms with Gasteiger partial charge in [0.2, 0.25) is 0 Å². The van der Waals surface area contributed by atoms with Gasteiger partial charge in [0.25, 0.3) is 3.79 Å². The molecule has 0 heterocycles. The number of rotatable bonds is 1. The molecule has 0 amide bonds. The van der Waals surface area contributed by atoms with E-state index in [1.165, 1.54) is 0 Å². The maximum absolute atomic E-state index is 10.8. The number of carbonyl (C=O) groups excluding carboxylic acids is 1. The number of alkyl halides is 2. The van der Waals surface area contributed by atoms with Crippen molar-refractivity contribution in [2.75, 3.05) is 0 Å². The Morgan fingerprint density at radius 3 is 1.83 bits per heavy atom. The minimum absolute atomic E-state index is 1.04. The highest BCUT2D eigenvalue weighted by molar-refractivity contribution is 14.1. The van der Waals surface area contributed by atoms with Crippen molar-refractivity contribution in [2.45, 2.75) is 6.43 Å². The van der Waals surface area contributed by atoms with E-state index >= 15 is 0 Å². The van der Waals surface area contributed by atoms with Crippen molar-refractivity contribution in [3.63, 3.8) is 0 Å². The number of halogens is 3. The molecular formula is C2HF2IO. The fourth-order valence-corrected chi connectivity index (χ4v) is 0. The maximum atomic E-state index is 10.8. The van der Waals surface area contributed by atoms with Crippen LogP contribution < -0.4 is 0 Å². The number of carbonyl (C=O) groups is 1. The molecule has 1 nitrogen and oxygen atoms in total. The quantitative estimate of drug-likeness (QED) is 0.465. The van der Waals surface area contributed by atoms with Crippen molar-refractivity contribution in [1.29, 1.82) is 0 Å². The minimum Gasteiger partial charge on any atom is -0.281 e. The van der Waals surface area contributed by atoms with Crippen LogP contribution in [0, 0.1) is 0 Å². The molecule has 0 aliphatic carbocycles. The molecule has 0 aromatic heterocycles. The first-order chi connectivity index (χ1) is 2.64. The minimum atomic E-state index is -2.80. The first kappa shape index (κ1) is 6.26. The predicted molar refractivity (Wildman–Crippen MR) is 25.0 cm³/mol. The third-order valence-corrected chi connectivity index (χ3v) is 0.642. The lowest BCUT2D eigenvalue weighted by molar-refractivity contribution is -0.118. The maximum Gasteiger partial charge on any atom is 0.305 e. The molecule has 0 aromatic carbocycles. The summed E-state index contributed by atoms with van der Waals surface area (Å²) < 4.78 is 20.5. The highest BCUT2D eigenvalue weighted by Gasteiger charge is 2.08. The number of hydrogen-bond acceptors (Lipinski definition) is 1. The molecule has 0 bridgehead atoms. The molecule has 4 heteroatoms. The molecule has 0 saturated heterocycles. The molecular weight excluding hydrogens is 205 g/mol. The Bertz CT molecular complexity index is 62.6. The lowest BCUT2D eigenvalue weighted by Gasteiger charge is -1.80. The first-order valence-corrected chi connectivity index (χ1v) is 2.20. The first-order valence-electron chi connectivity index (χ1n) is 1.12. The lowest BCUT2D eigenvalue weighted by Crippen LogP contribution is -1.97. The Hall–Kier alpha value is 0.260. The van der Waals surface area contributed by atoms with E-state index in [1.807, 2.05) is 0 Å². The molecule has 0 aliphatic heterocycles. The van der Waals surface area contributed by atoms with Crippen LogP contribution in [-0.4, -0.2) is 10.2 Å². The van der Waals surface area contributed by atoms with Gasteiger partial charge in [0.1, 0.15) is 0 Å². The largest absolute Gasteiger partial charge is 0.305 e. The molecule has 36 valence electrons. The van der Waals surface area contributed by atoms with Gasteiger partial charge >= 0.3 is 6.43 Å². The van der Waals surface area contributed by atoms with Crippen LogP contribution in [0.2, 0.25) is 0 Å². The summed E-state index contributed by atoms with van der Waals surface area (Å²) in [7, 11) is 0. The summed E-state index contributed by atoms with van der Waals surface area (Å²) in [4.78, 5) is 9.38. The second kappa shape index (κ2) is 2.44. The Balaban J connectivity index is 3.26. The summed E-state index contributed by atoms with van der Waals surface area (Å²) in [5.74, 6) is 0. The monoisotopic (exact) mass is 206 g/mol. The van der Waals surface area contributed by atoms with E-state index in [4.69, 9.17) is 0 Å². The molecule has 6 heavy (non-hydrogen) atoms. The normalized spacial score (nSPS) is 9.33. The molecule has 0 spiro atoms. The van der Waals surface area contributed by atoms with Crippen LogP contribution >= 0.6 is 22.6 Å². The second-order valence-electron chi connectivity index (χ2n) is 0.605. The zero-order valence-corrected chi connectivity index (χ0v) is 4.78. The Morgan fingerprint density at radius 2 is 1.83 bits per heavy atom. The second-order valence-corrected chi connectivity index (χ2v) is 1.67. The van der Waals surface area contributed by atoms with Crippen molar-refractivity contribution in [3.05, 3.63) is 0 Å². The standard InChI is InChI=1S/C2HF2IO/c3-1(4)2(5)6/h1H. The molecule has 0 N–H and O–H groups in total. The van der Waals surface area contributed by atoms with Crippen molar-refractivity contribution in [1.82, 2.24) is 0 Å². The average Bonchev–Trinajstić information content (AvgIpc) is 1.36. The van der Waals surface area contributed by atoms with Crippen molar-refractivity contribution in [3.8, 4) is 0 Å². The van der Waals surface area contributed by atoms with Gasteiger partial charge < -0.3 is 0 Å². The Labute approximate surface area is 46.9 Å². The highest BCUT2D eigenvalue weighted by Crippen LogP contribution is 1.98. The Morgan fingerprint density at radius 1 is 1.67 bits per heavy atom. The van der Waals surface area contributed by atoms with Gasteiger partial charge in [-0.05, 0) is 0 Å². The topological polar surface area (TPSA) is 17.1 Å². The van der Waals surface area contributed by atoms with Gasteiger partial charge in [-0.25, -0.2) is 8.78 Å². The zero-order chi connectivity index (χ0) is 5.15. The summed E-state index contributed by atoms with van der Waals surface area (Å²) in [5.41, 5.74) is 0. The van der Waals surface area contributed by atoms with E-state index in [0.717, 1.165) is 22.6 Å². The van der Waals surface area contributed by atoms with Crippen molar-refractivity contribution < 1.29 is 13.6 Å². The van der Waals surface area contributed by atoms with Gasteiger partial charge in [0, 0.05) is 22.6 Å². The predicted octanol–water partition coefficient (Wildman–Crippen LogP) is 1.21. The summed E-state index contributed by atoms with van der Waals surface area (Å²) in [6.45, 7) is 0. The van der Waals surface area contributed by atoms with Crippen LogP contribution in [0.4, 0.5) is 8.78 Å². The average molecular weight is 206 g/mol. The molecule has 0 aliphatic rings. The van der Waals surface area contributed by atoms with Gasteiger partial charge in [0.05, 0.1) is 0 Å². The van der Waals surface area contributed by atoms with E-state index in [2.05, 4.69) is 0 Å². The lowest BCUT2D eigenvalue weighted by atomic mass is 10.8. The molecule has 0 fully saturated rings. The molecule has 0 aromatic rings. The van der Waals surface area contributed by atoms with E-state index in [9.17, 15) is 13.6 Å². The zero-order valence-electron chi connectivity index (χ0n) is 2.62. The summed E-state index contributed by atoms with van der Waals surface area (Å²) in [6.07, 6.45) is -2.80.